The highest BCUT2D eigenvalue weighted by atomic mass is 35.5. The van der Waals surface area contributed by atoms with E-state index in [2.05, 4.69) is 20.3 Å². The maximum Gasteiger partial charge on any atom is 0.214 e. The molecule has 1 saturated carbocycles. The molecule has 1 aliphatic carbocycles. The Kier molecular flexibility index (Phi) is 3.04. The molecule has 7 heteroatoms. The van der Waals surface area contributed by atoms with Crippen molar-refractivity contribution < 1.29 is 5.11 Å². The normalized spacial score (nSPS) is 14.2. The fourth-order valence-electron chi connectivity index (χ4n) is 2.37. The Balaban J connectivity index is 1.84. The van der Waals surface area contributed by atoms with E-state index in [1.165, 1.54) is 25.2 Å². The average Bonchev–Trinajstić information content (AvgIpc) is 3.25. The quantitative estimate of drug-likeness (QED) is 0.804. The number of aromatic hydroxyl groups is 1. The van der Waals surface area contributed by atoms with Crippen LogP contribution in [0.25, 0.3) is 16.9 Å². The maximum atomic E-state index is 9.57. The zero-order valence-corrected chi connectivity index (χ0v) is 12.3. The first-order valence-corrected chi connectivity index (χ1v) is 7.32. The summed E-state index contributed by atoms with van der Waals surface area (Å²) >= 11 is 6.11. The zero-order valence-electron chi connectivity index (χ0n) is 11.5. The van der Waals surface area contributed by atoms with E-state index in [-0.39, 0.29) is 5.88 Å². The molecule has 1 aliphatic rings. The van der Waals surface area contributed by atoms with E-state index in [0.29, 0.717) is 16.6 Å². The topological polar surface area (TPSA) is 76.7 Å². The van der Waals surface area contributed by atoms with Gasteiger partial charge in [0.15, 0.2) is 0 Å². The molecule has 0 saturated heterocycles. The fourth-order valence-corrected chi connectivity index (χ4v) is 2.54. The van der Waals surface area contributed by atoms with Crippen molar-refractivity contribution in [1.29, 1.82) is 0 Å². The van der Waals surface area contributed by atoms with Gasteiger partial charge in [0, 0.05) is 22.6 Å². The van der Waals surface area contributed by atoms with Crippen molar-refractivity contribution in [1.82, 2.24) is 25.0 Å². The lowest BCUT2D eigenvalue weighted by Gasteiger charge is -2.09. The molecule has 3 aromatic rings. The third-order valence-electron chi connectivity index (χ3n) is 3.64. The van der Waals surface area contributed by atoms with Crippen LogP contribution in [-0.2, 0) is 0 Å². The molecule has 22 heavy (non-hydrogen) atoms. The van der Waals surface area contributed by atoms with Gasteiger partial charge in [0.2, 0.25) is 5.88 Å². The minimum absolute atomic E-state index is 0.0896. The van der Waals surface area contributed by atoms with E-state index in [9.17, 15) is 5.11 Å². The van der Waals surface area contributed by atoms with Crippen molar-refractivity contribution in [3.63, 3.8) is 0 Å². The summed E-state index contributed by atoms with van der Waals surface area (Å²) in [4.78, 5) is 7.90. The first-order valence-electron chi connectivity index (χ1n) is 6.94. The van der Waals surface area contributed by atoms with Crippen LogP contribution in [0.4, 0.5) is 0 Å². The number of halogens is 1. The van der Waals surface area contributed by atoms with E-state index < -0.39 is 0 Å². The molecule has 0 aliphatic heterocycles. The minimum Gasteiger partial charge on any atom is -0.493 e. The maximum absolute atomic E-state index is 9.57. The predicted octanol–water partition coefficient (Wildman–Crippen LogP) is 2.96. The molecular formula is C15H12ClN5O. The first kappa shape index (κ1) is 13.2. The zero-order chi connectivity index (χ0) is 15.1. The highest BCUT2D eigenvalue weighted by Gasteiger charge is 2.27. The SMILES string of the molecule is Oc1cc(-c2cc(Cl)ccc2-n2cc(C3CC3)nn2)ncn1. The van der Waals surface area contributed by atoms with Gasteiger partial charge in [-0.25, -0.2) is 14.6 Å². The standard InChI is InChI=1S/C15H12ClN5O/c16-10-3-4-14(21-7-13(19-20-21)9-1-2-9)11(5-10)12-6-15(22)18-8-17-12/h3-9H,1-2H2,(H,17,18,22). The lowest BCUT2D eigenvalue weighted by Crippen LogP contribution is -1.99. The summed E-state index contributed by atoms with van der Waals surface area (Å²) in [6, 6.07) is 6.94. The van der Waals surface area contributed by atoms with Gasteiger partial charge in [0.1, 0.15) is 6.33 Å². The molecule has 2 aromatic heterocycles. The Hall–Kier alpha value is -2.47. The van der Waals surface area contributed by atoms with Crippen LogP contribution in [0, 0.1) is 0 Å². The van der Waals surface area contributed by atoms with E-state index in [1.54, 1.807) is 16.8 Å². The second-order valence-electron chi connectivity index (χ2n) is 5.29. The molecule has 1 aromatic carbocycles. The summed E-state index contributed by atoms with van der Waals surface area (Å²) in [6.07, 6.45) is 5.59. The molecule has 0 atom stereocenters. The van der Waals surface area contributed by atoms with Crippen LogP contribution in [-0.4, -0.2) is 30.1 Å². The van der Waals surface area contributed by atoms with Crippen LogP contribution >= 0.6 is 11.6 Å². The van der Waals surface area contributed by atoms with Crippen molar-refractivity contribution in [2.75, 3.05) is 0 Å². The average molecular weight is 314 g/mol. The molecule has 1 N–H and O–H groups in total. The van der Waals surface area contributed by atoms with Crippen molar-refractivity contribution in [3.8, 4) is 22.8 Å². The molecule has 6 nitrogen and oxygen atoms in total. The lowest BCUT2D eigenvalue weighted by molar-refractivity contribution is 0.452. The van der Waals surface area contributed by atoms with Gasteiger partial charge in [0.05, 0.1) is 23.3 Å². The Bertz CT molecular complexity index is 843. The van der Waals surface area contributed by atoms with Crippen molar-refractivity contribution in [2.45, 2.75) is 18.8 Å². The van der Waals surface area contributed by atoms with Gasteiger partial charge >= 0.3 is 0 Å². The van der Waals surface area contributed by atoms with Gasteiger partial charge in [-0.05, 0) is 31.0 Å². The summed E-state index contributed by atoms with van der Waals surface area (Å²) in [5.74, 6) is 0.445. The fraction of sp³-hybridized carbons (Fsp3) is 0.200. The van der Waals surface area contributed by atoms with Crippen molar-refractivity contribution in [3.05, 3.63) is 47.5 Å². The smallest absolute Gasteiger partial charge is 0.214 e. The Morgan fingerprint density at radius 3 is 2.82 bits per heavy atom. The van der Waals surface area contributed by atoms with Gasteiger partial charge in [-0.2, -0.15) is 0 Å². The van der Waals surface area contributed by atoms with Gasteiger partial charge < -0.3 is 5.11 Å². The van der Waals surface area contributed by atoms with Crippen LogP contribution in [0.3, 0.4) is 0 Å². The highest BCUT2D eigenvalue weighted by molar-refractivity contribution is 6.31. The number of benzene rings is 1. The molecule has 0 unspecified atom stereocenters. The van der Waals surface area contributed by atoms with Crippen LogP contribution < -0.4 is 0 Å². The third kappa shape index (κ3) is 2.42. The number of aromatic nitrogens is 5. The van der Waals surface area contributed by atoms with E-state index >= 15 is 0 Å². The number of nitrogens with zero attached hydrogens (tertiary/aromatic N) is 5. The first-order chi connectivity index (χ1) is 10.7. The second kappa shape index (κ2) is 5.06. The molecule has 0 radical (unpaired) electrons. The number of hydrogen-bond acceptors (Lipinski definition) is 5. The molecule has 0 bridgehead atoms. The largest absolute Gasteiger partial charge is 0.493 e. The van der Waals surface area contributed by atoms with E-state index in [1.807, 2.05) is 12.3 Å². The summed E-state index contributed by atoms with van der Waals surface area (Å²) in [5, 5.41) is 18.6. The van der Waals surface area contributed by atoms with E-state index in [0.717, 1.165) is 16.9 Å². The van der Waals surface area contributed by atoms with Gasteiger partial charge in [0.25, 0.3) is 0 Å². The Labute approximate surface area is 131 Å². The molecular weight excluding hydrogens is 302 g/mol. The second-order valence-corrected chi connectivity index (χ2v) is 5.72. The number of hydrogen-bond donors (Lipinski definition) is 1. The van der Waals surface area contributed by atoms with Crippen LogP contribution in [0.5, 0.6) is 5.88 Å². The van der Waals surface area contributed by atoms with Crippen LogP contribution in [0.1, 0.15) is 24.5 Å². The minimum atomic E-state index is -0.0896. The van der Waals surface area contributed by atoms with Gasteiger partial charge in [-0.1, -0.05) is 16.8 Å². The van der Waals surface area contributed by atoms with Gasteiger partial charge in [-0.3, -0.25) is 0 Å². The Morgan fingerprint density at radius 1 is 1.18 bits per heavy atom. The lowest BCUT2D eigenvalue weighted by atomic mass is 10.1. The van der Waals surface area contributed by atoms with Crippen LogP contribution in [0.2, 0.25) is 5.02 Å². The van der Waals surface area contributed by atoms with Crippen molar-refractivity contribution >= 4 is 11.6 Å². The number of rotatable bonds is 3. The molecule has 1 fully saturated rings. The summed E-state index contributed by atoms with van der Waals surface area (Å²) in [6.45, 7) is 0. The molecule has 110 valence electrons. The monoisotopic (exact) mass is 313 g/mol. The highest BCUT2D eigenvalue weighted by Crippen LogP contribution is 2.39. The molecule has 0 spiro atoms. The van der Waals surface area contributed by atoms with Gasteiger partial charge in [-0.15, -0.1) is 5.10 Å². The van der Waals surface area contributed by atoms with Crippen LogP contribution in [0.15, 0.2) is 36.8 Å². The summed E-state index contributed by atoms with van der Waals surface area (Å²) in [5.41, 5.74) is 3.15. The third-order valence-corrected chi connectivity index (χ3v) is 3.88. The van der Waals surface area contributed by atoms with Crippen molar-refractivity contribution in [2.24, 2.45) is 0 Å². The molecule has 2 heterocycles. The summed E-state index contributed by atoms with van der Waals surface area (Å²) in [7, 11) is 0. The Morgan fingerprint density at radius 2 is 2.05 bits per heavy atom. The van der Waals surface area contributed by atoms with E-state index in [4.69, 9.17) is 11.6 Å². The summed E-state index contributed by atoms with van der Waals surface area (Å²) < 4.78 is 1.72. The predicted molar refractivity (Wildman–Crippen MR) is 81.0 cm³/mol. The molecule has 4 rings (SSSR count). The molecule has 0 amide bonds.